The van der Waals surface area contributed by atoms with Crippen LogP contribution in [0.2, 0.25) is 0 Å². The second-order valence-corrected chi connectivity index (χ2v) is 8.18. The summed E-state index contributed by atoms with van der Waals surface area (Å²) in [4.78, 5) is 11.0. The van der Waals surface area contributed by atoms with E-state index in [-0.39, 0.29) is 22.1 Å². The van der Waals surface area contributed by atoms with Crippen molar-refractivity contribution in [1.82, 2.24) is 0 Å². The van der Waals surface area contributed by atoms with Crippen LogP contribution in [0.4, 0.5) is 5.69 Å². The highest BCUT2D eigenvalue weighted by atomic mass is 32.2. The van der Waals surface area contributed by atoms with E-state index in [2.05, 4.69) is 0 Å². The van der Waals surface area contributed by atoms with Gasteiger partial charge in [0.25, 0.3) is 5.69 Å². The minimum atomic E-state index is -3.85. The average molecular weight is 393 g/mol. The van der Waals surface area contributed by atoms with Gasteiger partial charge in [-0.15, -0.1) is 0 Å². The summed E-state index contributed by atoms with van der Waals surface area (Å²) in [6.45, 7) is -0.147. The zero-order valence-electron chi connectivity index (χ0n) is 14.6. The molecule has 0 fully saturated rings. The maximum atomic E-state index is 13.3. The van der Waals surface area contributed by atoms with E-state index in [0.717, 1.165) is 0 Å². The van der Waals surface area contributed by atoms with Gasteiger partial charge in [0, 0.05) is 23.3 Å². The summed E-state index contributed by atoms with van der Waals surface area (Å²) in [6, 6.07) is 21.3. The molecule has 1 aliphatic rings. The van der Waals surface area contributed by atoms with Crippen LogP contribution < -0.4 is 4.74 Å². The third-order valence-corrected chi connectivity index (χ3v) is 6.38. The minimum absolute atomic E-state index is 0.0814. The number of nitrogens with zero attached hydrogens (tertiary/aromatic N) is 1. The molecule has 3 aromatic rings. The van der Waals surface area contributed by atoms with E-state index in [9.17, 15) is 18.5 Å². The van der Waals surface area contributed by atoms with Crippen LogP contribution in [0.1, 0.15) is 11.1 Å². The van der Waals surface area contributed by atoms with Crippen LogP contribution in [0.5, 0.6) is 5.75 Å². The molecule has 28 heavy (non-hydrogen) atoms. The molecule has 0 radical (unpaired) electrons. The molecule has 0 saturated heterocycles. The molecule has 7 heteroatoms. The summed E-state index contributed by atoms with van der Waals surface area (Å²) >= 11 is 0. The van der Waals surface area contributed by atoms with Crippen LogP contribution >= 0.6 is 0 Å². The monoisotopic (exact) mass is 393 g/mol. The zero-order chi connectivity index (χ0) is 19.7. The van der Waals surface area contributed by atoms with Gasteiger partial charge in [0.2, 0.25) is 9.84 Å². The molecular weight excluding hydrogens is 378 g/mol. The second kappa shape index (κ2) is 6.94. The maximum Gasteiger partial charge on any atom is 0.270 e. The summed E-state index contributed by atoms with van der Waals surface area (Å²) in [5.41, 5.74) is 1.34. The predicted molar refractivity (Wildman–Crippen MR) is 105 cm³/mol. The van der Waals surface area contributed by atoms with Crippen molar-refractivity contribution in [2.24, 2.45) is 0 Å². The number of ether oxygens (including phenoxy) is 1. The van der Waals surface area contributed by atoms with Gasteiger partial charge in [-0.2, -0.15) is 0 Å². The van der Waals surface area contributed by atoms with Crippen LogP contribution in [0.15, 0.2) is 88.7 Å². The fraction of sp³-hybridized carbons (Fsp3) is 0.0476. The fourth-order valence-electron chi connectivity index (χ4n) is 3.19. The Labute approximate surface area is 161 Å². The Morgan fingerprint density at radius 3 is 2.18 bits per heavy atom. The van der Waals surface area contributed by atoms with Crippen LogP contribution in [0.25, 0.3) is 5.57 Å². The quantitative estimate of drug-likeness (QED) is 0.489. The van der Waals surface area contributed by atoms with Crippen molar-refractivity contribution >= 4 is 21.1 Å². The van der Waals surface area contributed by atoms with Crippen LogP contribution in [-0.2, 0) is 9.84 Å². The van der Waals surface area contributed by atoms with Crippen molar-refractivity contribution < 1.29 is 18.1 Å². The molecule has 0 saturated carbocycles. The highest BCUT2D eigenvalue weighted by Crippen LogP contribution is 2.42. The van der Waals surface area contributed by atoms with Crippen molar-refractivity contribution in [3.05, 3.63) is 105 Å². The Morgan fingerprint density at radius 1 is 0.893 bits per heavy atom. The maximum absolute atomic E-state index is 13.3. The highest BCUT2D eigenvalue weighted by molar-refractivity contribution is 7.95. The fourth-order valence-corrected chi connectivity index (χ4v) is 4.70. The van der Waals surface area contributed by atoms with Crippen molar-refractivity contribution in [3.8, 4) is 5.75 Å². The van der Waals surface area contributed by atoms with Gasteiger partial charge < -0.3 is 4.74 Å². The lowest BCUT2D eigenvalue weighted by Gasteiger charge is -2.24. The van der Waals surface area contributed by atoms with Crippen molar-refractivity contribution in [2.45, 2.75) is 4.90 Å². The average Bonchev–Trinajstić information content (AvgIpc) is 2.73. The first-order chi connectivity index (χ1) is 13.5. The van der Waals surface area contributed by atoms with Crippen LogP contribution in [0, 0.1) is 10.1 Å². The summed E-state index contributed by atoms with van der Waals surface area (Å²) in [5, 5.41) is 11.3. The molecule has 0 unspecified atom stereocenters. The topological polar surface area (TPSA) is 86.5 Å². The van der Waals surface area contributed by atoms with Gasteiger partial charge in [-0.3, -0.25) is 10.1 Å². The van der Waals surface area contributed by atoms with Gasteiger partial charge >= 0.3 is 0 Å². The molecule has 1 heterocycles. The van der Waals surface area contributed by atoms with Gasteiger partial charge in [0.15, 0.2) is 0 Å². The van der Waals surface area contributed by atoms with Gasteiger partial charge in [-0.05, 0) is 23.8 Å². The third kappa shape index (κ3) is 3.05. The molecule has 6 nitrogen and oxygen atoms in total. The molecule has 3 aromatic carbocycles. The largest absolute Gasteiger partial charge is 0.487 e. The second-order valence-electron chi connectivity index (χ2n) is 6.21. The smallest absolute Gasteiger partial charge is 0.270 e. The number of hydrogen-bond donors (Lipinski definition) is 0. The normalized spacial score (nSPS) is 13.6. The van der Waals surface area contributed by atoms with E-state index in [1.165, 1.54) is 30.3 Å². The molecule has 0 aliphatic carbocycles. The summed E-state index contributed by atoms with van der Waals surface area (Å²) in [6.07, 6.45) is 0. The molecule has 140 valence electrons. The van der Waals surface area contributed by atoms with Crippen LogP contribution in [-0.4, -0.2) is 19.9 Å². The van der Waals surface area contributed by atoms with E-state index in [4.69, 9.17) is 4.74 Å². The number of hydrogen-bond acceptors (Lipinski definition) is 5. The Kier molecular flexibility index (Phi) is 4.44. The standard InChI is InChI=1S/C21H15NO5S/c23-22(24)16-11-12-19-18(13-16)21(15-7-3-1-4-8-15)20(14-27-19)28(25,26)17-9-5-2-6-10-17/h1-13H,14H2. The van der Waals surface area contributed by atoms with Gasteiger partial charge in [0.1, 0.15) is 12.4 Å². The third-order valence-electron chi connectivity index (χ3n) is 4.52. The van der Waals surface area contributed by atoms with Crippen molar-refractivity contribution in [3.63, 3.8) is 0 Å². The van der Waals surface area contributed by atoms with Crippen LogP contribution in [0.3, 0.4) is 0 Å². The molecule has 0 bridgehead atoms. The summed E-state index contributed by atoms with van der Waals surface area (Å²) < 4.78 is 32.3. The number of sulfone groups is 1. The van der Waals surface area contributed by atoms with Gasteiger partial charge in [0.05, 0.1) is 14.7 Å². The molecule has 1 aliphatic heterocycles. The minimum Gasteiger partial charge on any atom is -0.487 e. The zero-order valence-corrected chi connectivity index (χ0v) is 15.4. The number of nitro benzene ring substituents is 1. The Bertz CT molecular complexity index is 1190. The van der Waals surface area contributed by atoms with Crippen molar-refractivity contribution in [2.75, 3.05) is 6.61 Å². The molecule has 0 N–H and O–H groups in total. The molecule has 0 aromatic heterocycles. The van der Waals surface area contributed by atoms with E-state index < -0.39 is 14.8 Å². The summed E-state index contributed by atoms with van der Waals surface area (Å²) in [5.74, 6) is 0.413. The lowest BCUT2D eigenvalue weighted by Crippen LogP contribution is -2.19. The predicted octanol–water partition coefficient (Wildman–Crippen LogP) is 4.22. The van der Waals surface area contributed by atoms with E-state index >= 15 is 0 Å². The summed E-state index contributed by atoms with van der Waals surface area (Å²) in [7, 11) is -3.85. The SMILES string of the molecule is O=[N+]([O-])c1ccc2c(c1)C(c1ccccc1)=C(S(=O)(=O)c1ccccc1)CO2. The first-order valence-corrected chi connectivity index (χ1v) is 9.97. The number of fused-ring (bicyclic) bond motifs is 1. The molecule has 0 spiro atoms. The first kappa shape index (κ1) is 17.9. The number of rotatable bonds is 4. The Balaban J connectivity index is 2.03. The number of non-ortho nitro benzene ring substituents is 1. The van der Waals surface area contributed by atoms with Crippen molar-refractivity contribution in [1.29, 1.82) is 0 Å². The van der Waals surface area contributed by atoms with E-state index in [1.807, 2.05) is 6.07 Å². The highest BCUT2D eigenvalue weighted by Gasteiger charge is 2.32. The van der Waals surface area contributed by atoms with Gasteiger partial charge in [-0.1, -0.05) is 48.5 Å². The lowest BCUT2D eigenvalue weighted by atomic mass is 9.95. The van der Waals surface area contributed by atoms with E-state index in [1.54, 1.807) is 42.5 Å². The van der Waals surface area contributed by atoms with Gasteiger partial charge in [-0.25, -0.2) is 8.42 Å². The molecular formula is C21H15NO5S. The molecule has 0 amide bonds. The molecule has 4 rings (SSSR count). The number of benzene rings is 3. The lowest BCUT2D eigenvalue weighted by molar-refractivity contribution is -0.384. The number of nitro groups is 1. The van der Waals surface area contributed by atoms with E-state index in [0.29, 0.717) is 22.4 Å². The first-order valence-electron chi connectivity index (χ1n) is 8.49. The Hall–Kier alpha value is -3.45. The molecule has 0 atom stereocenters. The Morgan fingerprint density at radius 2 is 1.54 bits per heavy atom.